The molecule has 0 aliphatic heterocycles. The Morgan fingerprint density at radius 3 is 2.71 bits per heavy atom. The van der Waals surface area contributed by atoms with Crippen LogP contribution in [0.15, 0.2) is 35.0 Å². The van der Waals surface area contributed by atoms with Crippen molar-refractivity contribution in [3.05, 3.63) is 44.8 Å². The Labute approximate surface area is 136 Å². The lowest BCUT2D eigenvalue weighted by Gasteiger charge is -2.37. The molecule has 0 amide bonds. The molecule has 1 aliphatic carbocycles. The quantitative estimate of drug-likeness (QED) is 0.750. The van der Waals surface area contributed by atoms with Gasteiger partial charge in [-0.1, -0.05) is 32.4 Å². The van der Waals surface area contributed by atoms with E-state index in [0.717, 1.165) is 6.42 Å². The summed E-state index contributed by atoms with van der Waals surface area (Å²) >= 11 is 3.76. The fraction of sp³-hybridized carbons (Fsp3) is 0.556. The van der Waals surface area contributed by atoms with Gasteiger partial charge in [0, 0.05) is 28.3 Å². The summed E-state index contributed by atoms with van der Waals surface area (Å²) in [5, 5.41) is 8.35. The van der Waals surface area contributed by atoms with Crippen molar-refractivity contribution in [1.29, 1.82) is 0 Å². The molecule has 2 aromatic rings. The van der Waals surface area contributed by atoms with Crippen LogP contribution < -0.4 is 5.32 Å². The van der Waals surface area contributed by atoms with Crippen LogP contribution in [-0.2, 0) is 6.42 Å². The molecule has 1 N–H and O–H groups in total. The van der Waals surface area contributed by atoms with E-state index in [1.165, 1.54) is 35.4 Å². The Hall–Kier alpha value is -0.640. The van der Waals surface area contributed by atoms with Gasteiger partial charge in [-0.15, -0.1) is 22.7 Å². The van der Waals surface area contributed by atoms with Gasteiger partial charge in [0.1, 0.15) is 0 Å². The molecule has 2 aromatic heterocycles. The van der Waals surface area contributed by atoms with Gasteiger partial charge < -0.3 is 5.32 Å². The normalized spacial score (nSPS) is 23.0. The van der Waals surface area contributed by atoms with Gasteiger partial charge in [0.25, 0.3) is 0 Å². The van der Waals surface area contributed by atoms with Crippen LogP contribution in [-0.4, -0.2) is 6.04 Å². The Kier molecular flexibility index (Phi) is 4.82. The molecule has 1 fully saturated rings. The molecule has 2 atom stereocenters. The van der Waals surface area contributed by atoms with Gasteiger partial charge in [-0.2, -0.15) is 0 Å². The molecule has 0 aromatic carbocycles. The predicted octanol–water partition coefficient (Wildman–Crippen LogP) is 5.65. The molecule has 114 valence electrons. The lowest BCUT2D eigenvalue weighted by atomic mass is 9.75. The topological polar surface area (TPSA) is 12.0 Å². The van der Waals surface area contributed by atoms with Crippen LogP contribution in [0.25, 0.3) is 0 Å². The fourth-order valence-corrected chi connectivity index (χ4v) is 5.03. The molecule has 0 saturated heterocycles. The third-order valence-electron chi connectivity index (χ3n) is 4.51. The van der Waals surface area contributed by atoms with Gasteiger partial charge in [0.15, 0.2) is 0 Å². The van der Waals surface area contributed by atoms with Gasteiger partial charge in [-0.05, 0) is 47.6 Å². The largest absolute Gasteiger partial charge is 0.306 e. The number of hydrogen-bond acceptors (Lipinski definition) is 3. The molecule has 2 heterocycles. The van der Waals surface area contributed by atoms with Crippen molar-refractivity contribution in [3.8, 4) is 0 Å². The van der Waals surface area contributed by atoms with Crippen LogP contribution >= 0.6 is 22.7 Å². The number of thiophene rings is 2. The molecule has 1 saturated carbocycles. The smallest absolute Gasteiger partial charge is 0.0465 e. The first-order chi connectivity index (χ1) is 10.1. The van der Waals surface area contributed by atoms with Crippen molar-refractivity contribution in [2.24, 2.45) is 5.41 Å². The summed E-state index contributed by atoms with van der Waals surface area (Å²) < 4.78 is 0. The molecule has 0 radical (unpaired) electrons. The average Bonchev–Trinajstić information content (AvgIpc) is 3.10. The van der Waals surface area contributed by atoms with Crippen molar-refractivity contribution in [3.63, 3.8) is 0 Å². The summed E-state index contributed by atoms with van der Waals surface area (Å²) in [5.74, 6) is 0. The van der Waals surface area contributed by atoms with Crippen molar-refractivity contribution < 1.29 is 0 Å². The van der Waals surface area contributed by atoms with Crippen LogP contribution in [0.1, 0.15) is 55.3 Å². The van der Waals surface area contributed by atoms with E-state index < -0.39 is 0 Å². The van der Waals surface area contributed by atoms with E-state index in [0.29, 0.717) is 17.5 Å². The van der Waals surface area contributed by atoms with Crippen molar-refractivity contribution in [2.75, 3.05) is 0 Å². The van der Waals surface area contributed by atoms with E-state index in [9.17, 15) is 0 Å². The Morgan fingerprint density at radius 1 is 1.24 bits per heavy atom. The van der Waals surface area contributed by atoms with Crippen LogP contribution in [0.4, 0.5) is 0 Å². The first-order valence-corrected chi connectivity index (χ1v) is 9.70. The summed E-state index contributed by atoms with van der Waals surface area (Å²) in [6.45, 7) is 4.83. The maximum Gasteiger partial charge on any atom is 0.0465 e. The second-order valence-electron chi connectivity index (χ2n) is 6.98. The van der Waals surface area contributed by atoms with Gasteiger partial charge in [0.05, 0.1) is 0 Å². The van der Waals surface area contributed by atoms with Gasteiger partial charge in [-0.3, -0.25) is 0 Å². The number of rotatable bonds is 5. The lowest BCUT2D eigenvalue weighted by Crippen LogP contribution is -2.39. The van der Waals surface area contributed by atoms with E-state index in [4.69, 9.17) is 0 Å². The zero-order valence-corrected chi connectivity index (χ0v) is 14.6. The first-order valence-electron chi connectivity index (χ1n) is 7.94. The van der Waals surface area contributed by atoms with Gasteiger partial charge >= 0.3 is 0 Å². The SMILES string of the molecule is CC1(C)CCCC(NC(Cc2cccs2)c2cccs2)C1. The standard InChI is InChI=1S/C18H25NS2/c1-18(2)9-3-6-14(13-18)19-16(17-8-5-11-21-17)12-15-7-4-10-20-15/h4-5,7-8,10-11,14,16,19H,3,6,9,12-13H2,1-2H3. The monoisotopic (exact) mass is 319 g/mol. The molecule has 1 nitrogen and oxygen atoms in total. The van der Waals surface area contributed by atoms with Gasteiger partial charge in [0.2, 0.25) is 0 Å². The number of hydrogen-bond donors (Lipinski definition) is 1. The van der Waals surface area contributed by atoms with Crippen molar-refractivity contribution in [1.82, 2.24) is 5.32 Å². The van der Waals surface area contributed by atoms with Crippen LogP contribution in [0.5, 0.6) is 0 Å². The summed E-state index contributed by atoms with van der Waals surface area (Å²) in [5.41, 5.74) is 0.499. The third-order valence-corrected chi connectivity index (χ3v) is 6.40. The van der Waals surface area contributed by atoms with Crippen LogP contribution in [0, 0.1) is 5.41 Å². The summed E-state index contributed by atoms with van der Waals surface area (Å²) in [6.07, 6.45) is 6.49. The van der Waals surface area contributed by atoms with E-state index >= 15 is 0 Å². The molecule has 3 heteroatoms. The van der Waals surface area contributed by atoms with E-state index in [2.05, 4.69) is 54.2 Å². The highest BCUT2D eigenvalue weighted by atomic mass is 32.1. The molecule has 0 bridgehead atoms. The second kappa shape index (κ2) is 6.64. The minimum absolute atomic E-state index is 0.475. The number of nitrogens with one attached hydrogen (secondary N) is 1. The van der Waals surface area contributed by atoms with E-state index in [1.54, 1.807) is 0 Å². The molecule has 21 heavy (non-hydrogen) atoms. The summed E-state index contributed by atoms with van der Waals surface area (Å²) in [4.78, 5) is 2.96. The lowest BCUT2D eigenvalue weighted by molar-refractivity contribution is 0.189. The highest BCUT2D eigenvalue weighted by Crippen LogP contribution is 2.36. The molecule has 1 aliphatic rings. The van der Waals surface area contributed by atoms with Gasteiger partial charge in [-0.25, -0.2) is 0 Å². The van der Waals surface area contributed by atoms with Crippen LogP contribution in [0.3, 0.4) is 0 Å². The highest BCUT2D eigenvalue weighted by Gasteiger charge is 2.29. The summed E-state index contributed by atoms with van der Waals surface area (Å²) in [7, 11) is 0. The maximum absolute atomic E-state index is 3.97. The Balaban J connectivity index is 1.70. The highest BCUT2D eigenvalue weighted by molar-refractivity contribution is 7.10. The molecular formula is C18H25NS2. The van der Waals surface area contributed by atoms with Crippen molar-refractivity contribution in [2.45, 2.75) is 58.0 Å². The average molecular weight is 320 g/mol. The predicted molar refractivity (Wildman–Crippen MR) is 94.3 cm³/mol. The Bertz CT molecular complexity index is 528. The van der Waals surface area contributed by atoms with Crippen molar-refractivity contribution >= 4 is 22.7 Å². The maximum atomic E-state index is 3.97. The minimum Gasteiger partial charge on any atom is -0.306 e. The second-order valence-corrected chi connectivity index (χ2v) is 8.99. The molecule has 3 rings (SSSR count). The van der Waals surface area contributed by atoms with E-state index in [1.807, 2.05) is 22.7 Å². The Morgan fingerprint density at radius 2 is 2.05 bits per heavy atom. The molecule has 2 unspecified atom stereocenters. The van der Waals surface area contributed by atoms with Crippen LogP contribution in [0.2, 0.25) is 0 Å². The zero-order chi connectivity index (χ0) is 14.7. The zero-order valence-electron chi connectivity index (χ0n) is 13.0. The van der Waals surface area contributed by atoms with E-state index in [-0.39, 0.29) is 0 Å². The summed E-state index contributed by atoms with van der Waals surface area (Å²) in [6, 6.07) is 10.0. The minimum atomic E-state index is 0.475. The molecular weight excluding hydrogens is 294 g/mol. The third kappa shape index (κ3) is 4.18. The first kappa shape index (κ1) is 15.3. The molecule has 0 spiro atoms. The fourth-order valence-electron chi connectivity index (χ4n) is 3.49.